The van der Waals surface area contributed by atoms with E-state index in [-0.39, 0.29) is 23.7 Å². The minimum absolute atomic E-state index is 0.0929. The molecule has 2 heterocycles. The maximum atomic E-state index is 12.5. The van der Waals surface area contributed by atoms with Gasteiger partial charge in [0.2, 0.25) is 11.8 Å². The van der Waals surface area contributed by atoms with Gasteiger partial charge in [-0.1, -0.05) is 25.7 Å². The fraction of sp³-hybridized carbons (Fsp3) is 0.917. The molecule has 0 aromatic heterocycles. The molecular formula is C24H44N4O2. The molecule has 2 saturated heterocycles. The molecule has 1 aliphatic carbocycles. The molecule has 172 valence electrons. The topological polar surface area (TPSA) is 64.7 Å². The lowest BCUT2D eigenvalue weighted by atomic mass is 9.81. The Bertz CT molecular complexity index is 457. The fourth-order valence-corrected chi connectivity index (χ4v) is 5.30. The van der Waals surface area contributed by atoms with E-state index < -0.39 is 0 Å². The Morgan fingerprint density at radius 3 is 1.23 bits per heavy atom. The van der Waals surface area contributed by atoms with Crippen LogP contribution in [0, 0.1) is 11.8 Å². The Morgan fingerprint density at radius 2 is 0.900 bits per heavy atom. The third-order valence-electron chi connectivity index (χ3n) is 7.32. The number of likely N-dealkylation sites (tertiary alicyclic amines) is 2. The van der Waals surface area contributed by atoms with Crippen molar-refractivity contribution in [3.63, 3.8) is 0 Å². The van der Waals surface area contributed by atoms with E-state index in [1.807, 2.05) is 0 Å². The smallest absolute Gasteiger partial charge is 0.223 e. The highest BCUT2D eigenvalue weighted by atomic mass is 16.2. The molecule has 0 aromatic rings. The summed E-state index contributed by atoms with van der Waals surface area (Å²) in [5.74, 6) is 0.584. The molecule has 0 spiro atoms. The van der Waals surface area contributed by atoms with Crippen LogP contribution >= 0.6 is 0 Å². The quantitative estimate of drug-likeness (QED) is 0.634. The first-order valence-corrected chi connectivity index (χ1v) is 12.7. The van der Waals surface area contributed by atoms with Crippen molar-refractivity contribution < 1.29 is 9.59 Å². The van der Waals surface area contributed by atoms with Gasteiger partial charge in [0, 0.05) is 38.0 Å². The van der Waals surface area contributed by atoms with E-state index in [0.717, 1.165) is 51.9 Å². The van der Waals surface area contributed by atoms with Crippen LogP contribution in [0.4, 0.5) is 0 Å². The lowest BCUT2D eigenvalue weighted by Gasteiger charge is -2.28. The summed E-state index contributed by atoms with van der Waals surface area (Å²) in [4.78, 5) is 30.0. The van der Waals surface area contributed by atoms with Crippen LogP contribution < -0.4 is 10.6 Å². The van der Waals surface area contributed by atoms with Gasteiger partial charge in [0.05, 0.1) is 0 Å². The Hall–Kier alpha value is -1.14. The summed E-state index contributed by atoms with van der Waals surface area (Å²) in [5, 5.41) is 6.31. The maximum absolute atomic E-state index is 12.5. The highest BCUT2D eigenvalue weighted by Crippen LogP contribution is 2.29. The number of hydrogen-bond donors (Lipinski definition) is 2. The second-order valence-corrected chi connectivity index (χ2v) is 9.64. The van der Waals surface area contributed by atoms with Gasteiger partial charge in [-0.2, -0.15) is 0 Å². The van der Waals surface area contributed by atoms with Gasteiger partial charge < -0.3 is 20.4 Å². The van der Waals surface area contributed by atoms with E-state index in [2.05, 4.69) is 20.4 Å². The van der Waals surface area contributed by atoms with Gasteiger partial charge >= 0.3 is 0 Å². The Labute approximate surface area is 183 Å². The first kappa shape index (κ1) is 23.5. The molecule has 3 fully saturated rings. The number of amides is 2. The normalized spacial score (nSPS) is 27.1. The molecule has 6 heteroatoms. The minimum Gasteiger partial charge on any atom is -0.355 e. The molecule has 0 aromatic carbocycles. The van der Waals surface area contributed by atoms with Crippen molar-refractivity contribution in [2.24, 2.45) is 11.8 Å². The number of nitrogens with zero attached hydrogens (tertiary/aromatic N) is 2. The molecule has 3 aliphatic rings. The van der Waals surface area contributed by atoms with Crippen LogP contribution in [0.25, 0.3) is 0 Å². The number of rotatable bonds is 8. The van der Waals surface area contributed by atoms with E-state index in [4.69, 9.17) is 0 Å². The van der Waals surface area contributed by atoms with Gasteiger partial charge in [-0.25, -0.2) is 0 Å². The zero-order chi connectivity index (χ0) is 21.0. The van der Waals surface area contributed by atoms with Crippen LogP contribution in [0.1, 0.15) is 77.0 Å². The van der Waals surface area contributed by atoms with Gasteiger partial charge in [-0.05, 0) is 77.5 Å². The van der Waals surface area contributed by atoms with Crippen LogP contribution in [-0.4, -0.2) is 74.0 Å². The summed E-state index contributed by atoms with van der Waals surface area (Å²) in [6, 6.07) is 0. The average molecular weight is 421 g/mol. The average Bonchev–Trinajstić information content (AvgIpc) is 3.19. The molecule has 30 heavy (non-hydrogen) atoms. The van der Waals surface area contributed by atoms with Crippen molar-refractivity contribution >= 4 is 11.8 Å². The highest BCUT2D eigenvalue weighted by Gasteiger charge is 2.29. The molecule has 2 amide bonds. The van der Waals surface area contributed by atoms with E-state index in [1.54, 1.807) is 0 Å². The van der Waals surface area contributed by atoms with Gasteiger partial charge in [-0.3, -0.25) is 9.59 Å². The minimum atomic E-state index is 0.0929. The van der Waals surface area contributed by atoms with Gasteiger partial charge in [-0.15, -0.1) is 0 Å². The van der Waals surface area contributed by atoms with E-state index in [9.17, 15) is 9.59 Å². The molecule has 2 N–H and O–H groups in total. The molecule has 3 rings (SSSR count). The third-order valence-corrected chi connectivity index (χ3v) is 7.32. The molecule has 0 atom stereocenters. The van der Waals surface area contributed by atoms with E-state index >= 15 is 0 Å². The monoisotopic (exact) mass is 420 g/mol. The van der Waals surface area contributed by atoms with E-state index in [0.29, 0.717) is 0 Å². The first-order chi connectivity index (χ1) is 14.7. The van der Waals surface area contributed by atoms with Gasteiger partial charge in [0.15, 0.2) is 0 Å². The Kier molecular flexibility index (Phi) is 10.4. The Balaban J connectivity index is 1.26. The van der Waals surface area contributed by atoms with Crippen LogP contribution in [-0.2, 0) is 9.59 Å². The molecule has 2 aliphatic heterocycles. The lowest BCUT2D eigenvalue weighted by molar-refractivity contribution is -0.130. The summed E-state index contributed by atoms with van der Waals surface area (Å²) >= 11 is 0. The van der Waals surface area contributed by atoms with Crippen LogP contribution in [0.3, 0.4) is 0 Å². The van der Waals surface area contributed by atoms with Gasteiger partial charge in [0.25, 0.3) is 0 Å². The SMILES string of the molecule is O=C(NCCN1CCCCCC1)C1CCC(C(=O)NCCN2CCCCCC2)CC1. The summed E-state index contributed by atoms with van der Waals surface area (Å²) in [6.07, 6.45) is 13.9. The van der Waals surface area contributed by atoms with Crippen molar-refractivity contribution in [1.29, 1.82) is 0 Å². The zero-order valence-corrected chi connectivity index (χ0v) is 19.0. The van der Waals surface area contributed by atoms with Crippen LogP contribution in [0.15, 0.2) is 0 Å². The maximum Gasteiger partial charge on any atom is 0.223 e. The molecular weight excluding hydrogens is 376 g/mol. The summed E-state index contributed by atoms with van der Waals surface area (Å²) in [5.41, 5.74) is 0. The Morgan fingerprint density at radius 1 is 0.567 bits per heavy atom. The molecule has 6 nitrogen and oxygen atoms in total. The number of carbonyl (C=O) groups is 2. The number of carbonyl (C=O) groups excluding carboxylic acids is 2. The number of nitrogens with one attached hydrogen (secondary N) is 2. The summed E-state index contributed by atoms with van der Waals surface area (Å²) in [7, 11) is 0. The summed E-state index contributed by atoms with van der Waals surface area (Å²) in [6.45, 7) is 8.16. The summed E-state index contributed by atoms with van der Waals surface area (Å²) < 4.78 is 0. The standard InChI is InChI=1S/C24H44N4O2/c29-23(25-13-19-27-15-5-1-2-6-16-27)21-9-11-22(12-10-21)24(30)26-14-20-28-17-7-3-4-8-18-28/h21-22H,1-20H2,(H,25,29)(H,26,30). The zero-order valence-electron chi connectivity index (χ0n) is 19.0. The van der Waals surface area contributed by atoms with Crippen molar-refractivity contribution in [2.75, 3.05) is 52.4 Å². The third kappa shape index (κ3) is 8.18. The molecule has 0 bridgehead atoms. The van der Waals surface area contributed by atoms with Crippen molar-refractivity contribution in [3.8, 4) is 0 Å². The second-order valence-electron chi connectivity index (χ2n) is 9.64. The lowest BCUT2D eigenvalue weighted by Crippen LogP contribution is -2.41. The predicted molar refractivity (Wildman–Crippen MR) is 121 cm³/mol. The first-order valence-electron chi connectivity index (χ1n) is 12.7. The van der Waals surface area contributed by atoms with Crippen LogP contribution in [0.5, 0.6) is 0 Å². The molecule has 0 unspecified atom stereocenters. The second kappa shape index (κ2) is 13.3. The van der Waals surface area contributed by atoms with Crippen molar-refractivity contribution in [2.45, 2.75) is 77.0 Å². The predicted octanol–water partition coefficient (Wildman–Crippen LogP) is 2.78. The van der Waals surface area contributed by atoms with E-state index in [1.165, 1.54) is 77.5 Å². The molecule has 1 saturated carbocycles. The van der Waals surface area contributed by atoms with Gasteiger partial charge in [0.1, 0.15) is 0 Å². The largest absolute Gasteiger partial charge is 0.355 e. The highest BCUT2D eigenvalue weighted by molar-refractivity contribution is 5.81. The van der Waals surface area contributed by atoms with Crippen molar-refractivity contribution in [3.05, 3.63) is 0 Å². The number of hydrogen-bond acceptors (Lipinski definition) is 4. The fourth-order valence-electron chi connectivity index (χ4n) is 5.30. The van der Waals surface area contributed by atoms with Crippen LogP contribution in [0.2, 0.25) is 0 Å². The van der Waals surface area contributed by atoms with Crippen molar-refractivity contribution in [1.82, 2.24) is 20.4 Å². The molecule has 0 radical (unpaired) electrons.